The van der Waals surface area contributed by atoms with Gasteiger partial charge in [-0.25, -0.2) is 14.8 Å². The number of hydrazine groups is 1. The Balaban J connectivity index is 1.28. The fourth-order valence-corrected chi connectivity index (χ4v) is 5.53. The molecule has 1 aliphatic rings. The van der Waals surface area contributed by atoms with E-state index in [4.69, 9.17) is 0 Å². The number of nitrogens with zero attached hydrogens (tertiary/aromatic N) is 3. The van der Waals surface area contributed by atoms with Crippen LogP contribution >= 0.6 is 23.1 Å². The Kier molecular flexibility index (Phi) is 5.76. The van der Waals surface area contributed by atoms with Crippen LogP contribution in [0.1, 0.15) is 12.5 Å². The van der Waals surface area contributed by atoms with Crippen LogP contribution in [0.4, 0.5) is 4.79 Å². The predicted molar refractivity (Wildman–Crippen MR) is 131 cm³/mol. The number of urea groups is 1. The van der Waals surface area contributed by atoms with Gasteiger partial charge in [0.2, 0.25) is 5.91 Å². The Morgan fingerprint density at radius 3 is 2.53 bits per heavy atom. The Bertz CT molecular complexity index is 1390. The number of carbonyl (C=O) groups is 3. The summed E-state index contributed by atoms with van der Waals surface area (Å²) in [5, 5.41) is 4.92. The van der Waals surface area contributed by atoms with E-state index in [1.165, 1.54) is 18.1 Å². The molecule has 1 unspecified atom stereocenters. The normalized spacial score (nSPS) is 17.7. The van der Waals surface area contributed by atoms with Crippen molar-refractivity contribution >= 4 is 51.2 Å². The van der Waals surface area contributed by atoms with Gasteiger partial charge in [-0.05, 0) is 24.1 Å². The van der Waals surface area contributed by atoms with Gasteiger partial charge in [-0.2, -0.15) is 5.01 Å². The van der Waals surface area contributed by atoms with Gasteiger partial charge in [0.25, 0.3) is 5.91 Å². The molecule has 0 radical (unpaired) electrons. The highest BCUT2D eigenvalue weighted by molar-refractivity contribution is 8.00. The summed E-state index contributed by atoms with van der Waals surface area (Å²) in [5.41, 5.74) is 2.89. The van der Waals surface area contributed by atoms with Crippen molar-refractivity contribution in [3.05, 3.63) is 78.6 Å². The average Bonchev–Trinajstić information content (AvgIpc) is 3.40. The molecule has 2 aromatic carbocycles. The van der Waals surface area contributed by atoms with E-state index in [0.717, 1.165) is 25.7 Å². The van der Waals surface area contributed by atoms with Gasteiger partial charge in [0.1, 0.15) is 21.7 Å². The van der Waals surface area contributed by atoms with E-state index < -0.39 is 23.4 Å². The molecular formula is C24H19N5O3S2. The minimum Gasteiger partial charge on any atom is -0.318 e. The first kappa shape index (κ1) is 22.1. The molecule has 0 bridgehead atoms. The van der Waals surface area contributed by atoms with Crippen molar-refractivity contribution in [2.75, 3.05) is 5.75 Å². The number of hydrogen-bond donors (Lipinski definition) is 2. The molecule has 1 saturated heterocycles. The summed E-state index contributed by atoms with van der Waals surface area (Å²) in [6.45, 7) is 1.61. The lowest BCUT2D eigenvalue weighted by Gasteiger charge is -2.22. The summed E-state index contributed by atoms with van der Waals surface area (Å²) >= 11 is 2.77. The Morgan fingerprint density at radius 1 is 1.09 bits per heavy atom. The summed E-state index contributed by atoms with van der Waals surface area (Å²) in [5.74, 6) is -1.06. The van der Waals surface area contributed by atoms with Gasteiger partial charge in [-0.3, -0.25) is 15.0 Å². The highest BCUT2D eigenvalue weighted by Gasteiger charge is 2.49. The van der Waals surface area contributed by atoms with E-state index in [1.807, 2.05) is 42.5 Å². The van der Waals surface area contributed by atoms with E-state index in [9.17, 15) is 14.4 Å². The number of aromatic nitrogens is 2. The number of hydrogen-bond acceptors (Lipinski definition) is 7. The second-order valence-electron chi connectivity index (χ2n) is 7.76. The van der Waals surface area contributed by atoms with Gasteiger partial charge in [-0.1, -0.05) is 72.4 Å². The standard InChI is InChI=1S/C24H19N5O3S2/c1-24(16-10-6-3-7-11-16)22(31)29(23(32)27-24)28-19(30)13-33-20-17-12-18(15-8-4-2-5-9-15)34-21(17)26-14-25-20/h2-12,14H,13H2,1H3,(H,27,32)(H,28,30). The molecule has 10 heteroatoms. The molecule has 0 spiro atoms. The van der Waals surface area contributed by atoms with E-state index in [0.29, 0.717) is 10.6 Å². The van der Waals surface area contributed by atoms with Gasteiger partial charge < -0.3 is 5.32 Å². The third-order valence-electron chi connectivity index (χ3n) is 5.47. The van der Waals surface area contributed by atoms with Crippen LogP contribution in [0.3, 0.4) is 0 Å². The van der Waals surface area contributed by atoms with Crippen molar-refractivity contribution in [3.63, 3.8) is 0 Å². The fraction of sp³-hybridized carbons (Fsp3) is 0.125. The first-order valence-corrected chi connectivity index (χ1v) is 12.2. The van der Waals surface area contributed by atoms with Crippen LogP contribution in [0.2, 0.25) is 0 Å². The third kappa shape index (κ3) is 4.02. The molecule has 8 nitrogen and oxygen atoms in total. The maximum absolute atomic E-state index is 13.0. The quantitative estimate of drug-likeness (QED) is 0.241. The first-order chi connectivity index (χ1) is 16.5. The molecule has 170 valence electrons. The van der Waals surface area contributed by atoms with Crippen molar-refractivity contribution in [2.45, 2.75) is 17.5 Å². The number of imide groups is 1. The number of nitrogens with one attached hydrogen (secondary N) is 2. The zero-order valence-electron chi connectivity index (χ0n) is 18.0. The van der Waals surface area contributed by atoms with Crippen molar-refractivity contribution in [3.8, 4) is 10.4 Å². The van der Waals surface area contributed by atoms with Crippen LogP contribution < -0.4 is 10.7 Å². The van der Waals surface area contributed by atoms with Gasteiger partial charge in [0, 0.05) is 10.3 Å². The SMILES string of the molecule is CC1(c2ccccc2)NC(=O)N(NC(=O)CSc2ncnc3sc(-c4ccccc4)cc23)C1=O. The largest absolute Gasteiger partial charge is 0.344 e. The number of benzene rings is 2. The maximum atomic E-state index is 13.0. The van der Waals surface area contributed by atoms with Gasteiger partial charge in [0.05, 0.1) is 5.75 Å². The van der Waals surface area contributed by atoms with Gasteiger partial charge in [0.15, 0.2) is 0 Å². The van der Waals surface area contributed by atoms with E-state index >= 15 is 0 Å². The summed E-state index contributed by atoms with van der Waals surface area (Å²) in [4.78, 5) is 48.6. The number of rotatable bonds is 6. The van der Waals surface area contributed by atoms with Crippen molar-refractivity contribution in [1.29, 1.82) is 0 Å². The molecule has 4 amide bonds. The van der Waals surface area contributed by atoms with Gasteiger partial charge in [-0.15, -0.1) is 11.3 Å². The Hall–Kier alpha value is -3.76. The Labute approximate surface area is 203 Å². The van der Waals surface area contributed by atoms with E-state index in [1.54, 1.807) is 42.5 Å². The molecule has 1 atom stereocenters. The molecule has 0 aliphatic carbocycles. The molecule has 1 aliphatic heterocycles. The van der Waals surface area contributed by atoms with E-state index in [2.05, 4.69) is 20.7 Å². The van der Waals surface area contributed by atoms with Crippen LogP contribution in [0.25, 0.3) is 20.7 Å². The lowest BCUT2D eigenvalue weighted by atomic mass is 9.92. The van der Waals surface area contributed by atoms with Crippen LogP contribution in [0, 0.1) is 0 Å². The van der Waals surface area contributed by atoms with Crippen LogP contribution in [-0.2, 0) is 15.1 Å². The number of fused-ring (bicyclic) bond motifs is 1. The first-order valence-electron chi connectivity index (χ1n) is 10.4. The highest BCUT2D eigenvalue weighted by atomic mass is 32.2. The van der Waals surface area contributed by atoms with Gasteiger partial charge >= 0.3 is 6.03 Å². The van der Waals surface area contributed by atoms with Crippen LogP contribution in [0.5, 0.6) is 0 Å². The second-order valence-corrected chi connectivity index (χ2v) is 9.75. The van der Waals surface area contributed by atoms with Crippen LogP contribution in [-0.4, -0.2) is 38.6 Å². The predicted octanol–water partition coefficient (Wildman–Crippen LogP) is 3.95. The maximum Gasteiger partial charge on any atom is 0.344 e. The minimum absolute atomic E-state index is 0.0261. The molecule has 5 rings (SSSR count). The molecule has 4 aromatic rings. The molecule has 2 aromatic heterocycles. The third-order valence-corrected chi connectivity index (χ3v) is 7.57. The lowest BCUT2D eigenvalue weighted by Crippen LogP contribution is -2.48. The number of carbonyl (C=O) groups excluding carboxylic acids is 3. The topological polar surface area (TPSA) is 104 Å². The molecule has 3 heterocycles. The summed E-state index contributed by atoms with van der Waals surface area (Å²) in [7, 11) is 0. The monoisotopic (exact) mass is 489 g/mol. The lowest BCUT2D eigenvalue weighted by molar-refractivity contribution is -0.138. The summed E-state index contributed by atoms with van der Waals surface area (Å²) in [6.07, 6.45) is 1.47. The molecular weight excluding hydrogens is 470 g/mol. The van der Waals surface area contributed by atoms with Crippen molar-refractivity contribution in [1.82, 2.24) is 25.7 Å². The minimum atomic E-state index is -1.25. The smallest absolute Gasteiger partial charge is 0.318 e. The second kappa shape index (κ2) is 8.88. The highest BCUT2D eigenvalue weighted by Crippen LogP contribution is 2.36. The number of thiophene rings is 1. The van der Waals surface area contributed by atoms with Crippen LogP contribution in [0.15, 0.2) is 78.1 Å². The zero-order valence-corrected chi connectivity index (χ0v) is 19.7. The Morgan fingerprint density at radius 2 is 1.79 bits per heavy atom. The zero-order chi connectivity index (χ0) is 23.7. The summed E-state index contributed by atoms with van der Waals surface area (Å²) in [6, 6.07) is 20.2. The molecule has 2 N–H and O–H groups in total. The van der Waals surface area contributed by atoms with E-state index in [-0.39, 0.29) is 5.75 Å². The van der Waals surface area contributed by atoms with Crippen molar-refractivity contribution < 1.29 is 14.4 Å². The summed E-state index contributed by atoms with van der Waals surface area (Å²) < 4.78 is 0. The number of amides is 4. The molecule has 1 fully saturated rings. The molecule has 34 heavy (non-hydrogen) atoms. The van der Waals surface area contributed by atoms with Crippen molar-refractivity contribution in [2.24, 2.45) is 0 Å². The number of thioether (sulfide) groups is 1. The average molecular weight is 490 g/mol. The fourth-order valence-electron chi connectivity index (χ4n) is 3.69. The molecule has 0 saturated carbocycles.